The Morgan fingerprint density at radius 1 is 0.389 bits per heavy atom. The van der Waals surface area contributed by atoms with Crippen molar-refractivity contribution < 1.29 is 0 Å². The molecule has 4 aromatic rings. The van der Waals surface area contributed by atoms with Gasteiger partial charge in [0.05, 0.1) is 5.08 Å². The molecule has 3 aliphatic heterocycles. The Morgan fingerprint density at radius 3 is 0.903 bits per heavy atom. The fourth-order valence-electron chi connectivity index (χ4n) is 4.02. The van der Waals surface area contributed by atoms with E-state index in [4.69, 9.17) is 118 Å². The molecule has 0 atom stereocenters. The van der Waals surface area contributed by atoms with E-state index in [9.17, 15) is 0 Å². The molecule has 0 nitrogen and oxygen atoms in total. The predicted octanol–water partition coefficient (Wildman–Crippen LogP) is 28.4. The van der Waals surface area contributed by atoms with Gasteiger partial charge in [0.25, 0.3) is 0 Å². The zero-order valence-corrected chi connectivity index (χ0v) is 72.4. The van der Waals surface area contributed by atoms with E-state index in [-0.39, 0.29) is 0 Å². The highest BCUT2D eigenvalue weighted by atomic mass is 34.0. The minimum Gasteiger partial charge on any atom is -0.122 e. The van der Waals surface area contributed by atoms with Gasteiger partial charge in [-0.3, -0.25) is 0 Å². The zero-order chi connectivity index (χ0) is 54.2. The Balaban J connectivity index is 0.000000251. The van der Waals surface area contributed by atoms with E-state index in [2.05, 4.69) is 220 Å². The molecule has 0 spiro atoms. The van der Waals surface area contributed by atoms with Crippen LogP contribution in [0.1, 0.15) is 11.1 Å². The minimum atomic E-state index is -1.86. The number of hydrogen-bond acceptors (Lipinski definition) is 25. The summed E-state index contributed by atoms with van der Waals surface area (Å²) in [5, 5.41) is 0.786. The van der Waals surface area contributed by atoms with E-state index in [1.807, 2.05) is 146 Å². The van der Waals surface area contributed by atoms with Crippen LogP contribution in [0.3, 0.4) is 0 Å². The molecule has 43 heteroatoms. The fraction of sp³-hybridized carbons (Fsp3) is 0.172. The largest absolute Gasteiger partial charge is 0.126 e. The molecule has 0 unspecified atom stereocenters. The van der Waals surface area contributed by atoms with E-state index in [1.165, 1.54) is 31.9 Å². The average Bonchev–Trinajstić information content (AvgIpc) is 3.23. The lowest BCUT2D eigenvalue weighted by atomic mass is 10.2. The minimum absolute atomic E-state index is 0.786. The summed E-state index contributed by atoms with van der Waals surface area (Å²) in [4.78, 5) is 2.53. The number of benzene rings is 4. The van der Waals surface area contributed by atoms with Crippen LogP contribution in [-0.4, -0.2) is 17.6 Å². The van der Waals surface area contributed by atoms with Crippen molar-refractivity contribution in [2.75, 3.05) is 17.6 Å². The van der Waals surface area contributed by atoms with Crippen molar-refractivity contribution >= 4 is 421 Å². The first-order chi connectivity index (χ1) is 33.1. The van der Waals surface area contributed by atoms with Gasteiger partial charge in [0.15, 0.2) is 0 Å². The van der Waals surface area contributed by atoms with Gasteiger partial charge < -0.3 is 0 Å². The molecule has 3 saturated heterocycles. The number of rotatable bonds is 18. The summed E-state index contributed by atoms with van der Waals surface area (Å²) >= 11 is 114. The lowest BCUT2D eigenvalue weighted by molar-refractivity contribution is 1.43. The molecule has 0 saturated carbocycles. The summed E-state index contributed by atoms with van der Waals surface area (Å²) in [5.41, 5.74) is 2.71. The molecular formula is C29H40P10S33. The van der Waals surface area contributed by atoms with Crippen LogP contribution in [0.15, 0.2) is 131 Å². The molecule has 0 amide bonds. The average molecular weight is 1760 g/mol. The lowest BCUT2D eigenvalue weighted by Crippen LogP contribution is -1.82. The van der Waals surface area contributed by atoms with Crippen molar-refractivity contribution in [3.05, 3.63) is 132 Å². The molecule has 3 fully saturated rings. The van der Waals surface area contributed by atoms with Crippen LogP contribution in [-0.2, 0) is 130 Å². The van der Waals surface area contributed by atoms with E-state index >= 15 is 0 Å². The maximum atomic E-state index is 5.86. The molecule has 0 aromatic heterocycles. The topological polar surface area (TPSA) is 0 Å². The molecule has 0 N–H and O–H groups in total. The van der Waals surface area contributed by atoms with E-state index in [0.29, 0.717) is 0 Å². The third-order valence-electron chi connectivity index (χ3n) is 6.69. The lowest BCUT2D eigenvalue weighted by Gasteiger charge is -2.38. The summed E-state index contributed by atoms with van der Waals surface area (Å²) in [5.74, 6) is 2.02. The van der Waals surface area contributed by atoms with Crippen LogP contribution in [0.5, 0.6) is 0 Å². The van der Waals surface area contributed by atoms with Crippen LogP contribution in [0, 0.1) is 0 Å². The molecule has 7 rings (SSSR count). The van der Waals surface area contributed by atoms with E-state index < -0.39 is 36.4 Å². The van der Waals surface area contributed by atoms with Gasteiger partial charge in [-0.05, 0) is 125 Å². The van der Waals surface area contributed by atoms with Gasteiger partial charge in [0, 0.05) is 21.3 Å². The van der Waals surface area contributed by atoms with Crippen molar-refractivity contribution in [1.29, 1.82) is 0 Å². The third-order valence-corrected chi connectivity index (χ3v) is 161. The Kier molecular flexibility index (Phi) is 40.0. The Bertz CT molecular complexity index is 2610. The summed E-state index contributed by atoms with van der Waals surface area (Å²) in [6, 6.07) is 42.0. The van der Waals surface area contributed by atoms with Crippen molar-refractivity contribution in [3.63, 3.8) is 0 Å². The molecule has 72 heavy (non-hydrogen) atoms. The normalized spacial score (nSPS) is 26.6. The second-order valence-electron chi connectivity index (χ2n) is 12.3. The summed E-state index contributed by atoms with van der Waals surface area (Å²) in [7, 11) is 0. The molecule has 3 heterocycles. The van der Waals surface area contributed by atoms with Gasteiger partial charge in [-0.15, -0.1) is 121 Å². The van der Waals surface area contributed by atoms with Crippen LogP contribution in [0.4, 0.5) is 0 Å². The van der Waals surface area contributed by atoms with Gasteiger partial charge in [-0.2, -0.15) is 0 Å². The van der Waals surface area contributed by atoms with Crippen LogP contribution >= 0.6 is 302 Å². The molecule has 4 aromatic carbocycles. The molecule has 0 aliphatic carbocycles. The first-order valence-electron chi connectivity index (χ1n) is 18.2. The maximum Gasteiger partial charge on any atom is 0.126 e. The second-order valence-corrected chi connectivity index (χ2v) is 159. The summed E-state index contributed by atoms with van der Waals surface area (Å²) in [6.07, 6.45) is 4.19. The van der Waals surface area contributed by atoms with Gasteiger partial charge in [0.2, 0.25) is 0 Å². The molecule has 0 bridgehead atoms. The number of thiol groups is 8. The molecule has 404 valence electrons. The Labute approximate surface area is 580 Å². The third kappa shape index (κ3) is 35.7. The first kappa shape index (κ1) is 77.7. The SMILES string of the molecule is CSP1(=S)SP(=S)(SC)S1.S=P(S)(S)SCSP(=S)(S)S.S=P(S)(S)SP(=S)(S)S.S=P1(SCc2ccccc2)SP(=S)(SCc2ccccc2)S1.S=P1(Sc2ccccc2)SP(=S)(Sc2ccccc2)S1. The highest BCUT2D eigenvalue weighted by molar-refractivity contribution is 9.65. The highest BCUT2D eigenvalue weighted by Crippen LogP contribution is 3.14. The van der Waals surface area contributed by atoms with E-state index in [0.717, 1.165) is 16.6 Å². The monoisotopic (exact) mass is 1750 g/mol. The standard InChI is InChI=1S/C14H14P2S6.C12H10P2S6.C2H6P2S6.CH6P2S8.H4P2S7/c17-15(19-11-13-7-3-1-4-8-13)21-16(18,22-15)20-12-14-9-5-2-6-10-14;15-13(17-11-7-3-1-4-8-11)19-14(16,20-13)18-12-9-5-2-6-10-12;1-7-3(5)9-4(6,8-2)10-3;4-2(5,6)10-1-11-3(7,8)9;3-1(4,5)9-2(6,7)8/h1-10H,11-12H2;1-10H;1-2H3;1H2,(H2,4,5,6)(H2,7,8,9);(H2,3,4,5)(H2,6,7,8). The summed E-state index contributed by atoms with van der Waals surface area (Å²) < 4.78 is -15.1. The van der Waals surface area contributed by atoms with Crippen LogP contribution in [0.25, 0.3) is 0 Å². The van der Waals surface area contributed by atoms with Gasteiger partial charge in [-0.25, -0.2) is 0 Å². The van der Waals surface area contributed by atoms with Crippen molar-refractivity contribution in [1.82, 2.24) is 0 Å². The van der Waals surface area contributed by atoms with E-state index in [1.54, 1.807) is 22.8 Å². The second kappa shape index (κ2) is 37.1. The van der Waals surface area contributed by atoms with Gasteiger partial charge in [0.1, 0.15) is 36.4 Å². The molecular weight excluding hydrogens is 1720 g/mol. The van der Waals surface area contributed by atoms with Crippen molar-refractivity contribution in [3.8, 4) is 0 Å². The predicted molar refractivity (Wildman–Crippen MR) is 455 cm³/mol. The smallest absolute Gasteiger partial charge is 0.122 e. The number of hydrogen-bond donors (Lipinski definition) is 8. The molecule has 3 aliphatic rings. The van der Waals surface area contributed by atoms with Gasteiger partial charge >= 0.3 is 0 Å². The fourth-order valence-corrected chi connectivity index (χ4v) is 254. The Hall–Kier alpha value is 11.4. The zero-order valence-electron chi connectivity index (χ0n) is 35.9. The maximum absolute atomic E-state index is 5.86. The van der Waals surface area contributed by atoms with Crippen molar-refractivity contribution in [2.24, 2.45) is 0 Å². The van der Waals surface area contributed by atoms with Gasteiger partial charge in [-0.1, -0.05) is 283 Å². The quantitative estimate of drug-likeness (QED) is 0.0271. The Morgan fingerprint density at radius 2 is 0.653 bits per heavy atom. The first-order valence-corrected chi connectivity index (χ1v) is 82.5. The summed E-state index contributed by atoms with van der Waals surface area (Å²) in [6.45, 7) is 0. The van der Waals surface area contributed by atoms with Crippen molar-refractivity contribution in [2.45, 2.75) is 21.3 Å². The van der Waals surface area contributed by atoms with Crippen LogP contribution in [0.2, 0.25) is 0 Å². The van der Waals surface area contributed by atoms with Crippen LogP contribution < -0.4 is 0 Å². The molecule has 0 radical (unpaired) electrons. The highest BCUT2D eigenvalue weighted by Gasteiger charge is 2.46.